The van der Waals surface area contributed by atoms with Gasteiger partial charge < -0.3 is 15.5 Å². The molecule has 108 valence electrons. The number of piperidine rings is 1. The van der Waals surface area contributed by atoms with Crippen LogP contribution in [0, 0.1) is 5.41 Å². The summed E-state index contributed by atoms with van der Waals surface area (Å²) in [6.07, 6.45) is 3.57. The molecule has 2 aliphatic heterocycles. The largest absolute Gasteiger partial charge is 0.399 e. The number of benzene rings is 1. The topological polar surface area (TPSA) is 49.6 Å². The van der Waals surface area contributed by atoms with E-state index in [0.29, 0.717) is 16.7 Å². The van der Waals surface area contributed by atoms with Gasteiger partial charge in [-0.15, -0.1) is 0 Å². The highest BCUT2D eigenvalue weighted by atomic mass is 16.2. The van der Waals surface area contributed by atoms with Crippen LogP contribution < -0.4 is 5.73 Å². The lowest BCUT2D eigenvalue weighted by Gasteiger charge is -2.40. The highest BCUT2D eigenvalue weighted by Crippen LogP contribution is 2.38. The normalized spacial score (nSPS) is 27.1. The second-order valence-corrected chi connectivity index (χ2v) is 6.44. The molecule has 1 amide bonds. The molecule has 1 aromatic rings. The average molecular weight is 273 g/mol. The van der Waals surface area contributed by atoms with E-state index < -0.39 is 0 Å². The van der Waals surface area contributed by atoms with Crippen LogP contribution >= 0.6 is 0 Å². The Bertz CT molecular complexity index is 512. The summed E-state index contributed by atoms with van der Waals surface area (Å²) in [6.45, 7) is 4.04. The van der Waals surface area contributed by atoms with Crippen molar-refractivity contribution in [3.8, 4) is 0 Å². The van der Waals surface area contributed by atoms with E-state index in [1.54, 1.807) is 6.07 Å². The third-order valence-corrected chi connectivity index (χ3v) is 4.71. The zero-order valence-corrected chi connectivity index (χ0v) is 12.1. The van der Waals surface area contributed by atoms with E-state index in [1.807, 2.05) is 23.1 Å². The number of hydrogen-bond acceptors (Lipinski definition) is 3. The molecule has 0 aromatic heterocycles. The number of nitrogen functional groups attached to an aromatic ring is 1. The second kappa shape index (κ2) is 5.09. The second-order valence-electron chi connectivity index (χ2n) is 6.44. The first-order chi connectivity index (χ1) is 9.58. The van der Waals surface area contributed by atoms with Crippen LogP contribution in [-0.4, -0.2) is 48.9 Å². The summed E-state index contributed by atoms with van der Waals surface area (Å²) in [5.74, 6) is 0.130. The minimum atomic E-state index is 0.130. The van der Waals surface area contributed by atoms with Crippen molar-refractivity contribution in [1.29, 1.82) is 0 Å². The monoisotopic (exact) mass is 273 g/mol. The van der Waals surface area contributed by atoms with Crippen molar-refractivity contribution in [3.63, 3.8) is 0 Å². The van der Waals surface area contributed by atoms with Crippen LogP contribution in [-0.2, 0) is 0 Å². The van der Waals surface area contributed by atoms with Gasteiger partial charge in [0.1, 0.15) is 0 Å². The first kappa shape index (κ1) is 13.4. The number of rotatable bonds is 1. The van der Waals surface area contributed by atoms with Crippen molar-refractivity contribution >= 4 is 11.6 Å². The van der Waals surface area contributed by atoms with Gasteiger partial charge in [0.15, 0.2) is 0 Å². The maximum Gasteiger partial charge on any atom is 0.253 e. The van der Waals surface area contributed by atoms with Crippen molar-refractivity contribution < 1.29 is 4.79 Å². The van der Waals surface area contributed by atoms with E-state index in [-0.39, 0.29) is 5.91 Å². The Hall–Kier alpha value is -1.55. The molecule has 20 heavy (non-hydrogen) atoms. The lowest BCUT2D eigenvalue weighted by molar-refractivity contribution is 0.0534. The smallest absolute Gasteiger partial charge is 0.253 e. The van der Waals surface area contributed by atoms with Crippen molar-refractivity contribution in [2.45, 2.75) is 19.3 Å². The Morgan fingerprint density at radius 3 is 2.80 bits per heavy atom. The van der Waals surface area contributed by atoms with Crippen LogP contribution in [0.25, 0.3) is 0 Å². The fourth-order valence-corrected chi connectivity index (χ4v) is 3.73. The number of nitrogens with zero attached hydrogens (tertiary/aromatic N) is 2. The first-order valence-corrected chi connectivity index (χ1v) is 7.41. The Kier molecular flexibility index (Phi) is 3.42. The molecule has 3 rings (SSSR count). The molecule has 2 saturated heterocycles. The van der Waals surface area contributed by atoms with E-state index in [0.717, 1.165) is 32.6 Å². The van der Waals surface area contributed by atoms with E-state index >= 15 is 0 Å². The minimum Gasteiger partial charge on any atom is -0.399 e. The number of carbonyl (C=O) groups excluding carboxylic acids is 1. The summed E-state index contributed by atoms with van der Waals surface area (Å²) < 4.78 is 0. The van der Waals surface area contributed by atoms with Gasteiger partial charge in [-0.25, -0.2) is 0 Å². The first-order valence-electron chi connectivity index (χ1n) is 7.41. The molecule has 0 saturated carbocycles. The van der Waals surface area contributed by atoms with E-state index in [9.17, 15) is 4.79 Å². The molecule has 1 atom stereocenters. The minimum absolute atomic E-state index is 0.130. The van der Waals surface area contributed by atoms with Crippen LogP contribution in [0.5, 0.6) is 0 Å². The van der Waals surface area contributed by atoms with Gasteiger partial charge >= 0.3 is 0 Å². The summed E-state index contributed by atoms with van der Waals surface area (Å²) in [7, 11) is 2.17. The van der Waals surface area contributed by atoms with Gasteiger partial charge in [-0.2, -0.15) is 0 Å². The highest BCUT2D eigenvalue weighted by Gasteiger charge is 2.41. The molecule has 2 N–H and O–H groups in total. The molecule has 2 heterocycles. The van der Waals surface area contributed by atoms with Crippen LogP contribution in [0.15, 0.2) is 24.3 Å². The van der Waals surface area contributed by atoms with Crippen LogP contribution in [0.2, 0.25) is 0 Å². The molecule has 2 fully saturated rings. The Labute approximate surface area is 120 Å². The SMILES string of the molecule is CN1CCC2(CCCN(C(=O)c3cccc(N)c3)C2)C1. The van der Waals surface area contributed by atoms with Gasteiger partial charge in [-0.1, -0.05) is 6.07 Å². The molecule has 0 aliphatic carbocycles. The molecule has 0 bridgehead atoms. The van der Waals surface area contributed by atoms with Crippen LogP contribution in [0.3, 0.4) is 0 Å². The number of hydrogen-bond donors (Lipinski definition) is 1. The Morgan fingerprint density at radius 2 is 2.10 bits per heavy atom. The predicted molar refractivity (Wildman–Crippen MR) is 80.5 cm³/mol. The van der Waals surface area contributed by atoms with E-state index in [2.05, 4.69) is 11.9 Å². The summed E-state index contributed by atoms with van der Waals surface area (Å²) in [4.78, 5) is 17.0. The summed E-state index contributed by atoms with van der Waals surface area (Å²) >= 11 is 0. The van der Waals surface area contributed by atoms with Crippen LogP contribution in [0.1, 0.15) is 29.6 Å². The fraction of sp³-hybridized carbons (Fsp3) is 0.562. The molecule has 1 aromatic carbocycles. The quantitative estimate of drug-likeness (QED) is 0.794. The highest BCUT2D eigenvalue weighted by molar-refractivity contribution is 5.95. The molecular weight excluding hydrogens is 250 g/mol. The maximum absolute atomic E-state index is 12.6. The molecule has 4 nitrogen and oxygen atoms in total. The molecule has 1 unspecified atom stereocenters. The lowest BCUT2D eigenvalue weighted by atomic mass is 9.79. The molecule has 0 radical (unpaired) electrons. The standard InChI is InChI=1S/C16H23N3O/c1-18-9-7-16(11-18)6-3-8-19(12-16)15(20)13-4-2-5-14(17)10-13/h2,4-5,10H,3,6-9,11-12,17H2,1H3. The third-order valence-electron chi connectivity index (χ3n) is 4.71. The van der Waals surface area contributed by atoms with Crippen molar-refractivity contribution in [2.75, 3.05) is 39.0 Å². The third kappa shape index (κ3) is 2.52. The van der Waals surface area contributed by atoms with Gasteiger partial charge in [-0.3, -0.25) is 4.79 Å². The number of nitrogens with two attached hydrogens (primary N) is 1. The predicted octanol–water partition coefficient (Wildman–Crippen LogP) is 1.83. The number of carbonyl (C=O) groups is 1. The van der Waals surface area contributed by atoms with Gasteiger partial charge in [0.2, 0.25) is 0 Å². The number of amides is 1. The fourth-order valence-electron chi connectivity index (χ4n) is 3.73. The van der Waals surface area contributed by atoms with E-state index in [1.165, 1.54) is 12.8 Å². The molecule has 1 spiro atoms. The number of anilines is 1. The lowest BCUT2D eigenvalue weighted by Crippen LogP contribution is -2.47. The molecule has 2 aliphatic rings. The van der Waals surface area contributed by atoms with Crippen molar-refractivity contribution in [3.05, 3.63) is 29.8 Å². The molecular formula is C16H23N3O. The van der Waals surface area contributed by atoms with Gasteiger partial charge in [0.05, 0.1) is 0 Å². The Balaban J connectivity index is 1.75. The van der Waals surface area contributed by atoms with Gasteiger partial charge in [-0.05, 0) is 51.1 Å². The number of likely N-dealkylation sites (tertiary alicyclic amines) is 2. The zero-order chi connectivity index (χ0) is 14.2. The van der Waals surface area contributed by atoms with Gasteiger partial charge in [0.25, 0.3) is 5.91 Å². The van der Waals surface area contributed by atoms with Crippen molar-refractivity contribution in [2.24, 2.45) is 5.41 Å². The maximum atomic E-state index is 12.6. The zero-order valence-electron chi connectivity index (χ0n) is 12.1. The van der Waals surface area contributed by atoms with E-state index in [4.69, 9.17) is 5.73 Å². The van der Waals surface area contributed by atoms with Gasteiger partial charge in [0, 0.05) is 36.3 Å². The van der Waals surface area contributed by atoms with Crippen molar-refractivity contribution in [1.82, 2.24) is 9.80 Å². The summed E-state index contributed by atoms with van der Waals surface area (Å²) in [5.41, 5.74) is 7.48. The Morgan fingerprint density at radius 1 is 1.25 bits per heavy atom. The average Bonchev–Trinajstić information content (AvgIpc) is 2.78. The summed E-state index contributed by atoms with van der Waals surface area (Å²) in [6, 6.07) is 7.32. The molecule has 4 heteroatoms. The summed E-state index contributed by atoms with van der Waals surface area (Å²) in [5, 5.41) is 0. The van der Waals surface area contributed by atoms with Crippen LogP contribution in [0.4, 0.5) is 5.69 Å².